The summed E-state index contributed by atoms with van der Waals surface area (Å²) in [5.41, 5.74) is 7.71. The average molecular weight is 272 g/mol. The maximum absolute atomic E-state index is 11.3. The predicted molar refractivity (Wildman–Crippen MR) is 79.0 cm³/mol. The number of benzene rings is 1. The van der Waals surface area contributed by atoms with Crippen molar-refractivity contribution in [2.45, 2.75) is 6.92 Å². The Morgan fingerprint density at radius 2 is 2.05 bits per heavy atom. The van der Waals surface area contributed by atoms with Gasteiger partial charge in [0.1, 0.15) is 0 Å². The number of amides is 1. The number of para-hydroxylation sites is 1. The Kier molecular flexibility index (Phi) is 4.39. The summed E-state index contributed by atoms with van der Waals surface area (Å²) in [4.78, 5) is 15.5. The molecule has 20 heavy (non-hydrogen) atoms. The Labute approximate surface area is 117 Å². The van der Waals surface area contributed by atoms with E-state index in [0.717, 1.165) is 5.69 Å². The second-order valence-electron chi connectivity index (χ2n) is 4.00. The SMILES string of the molecule is CCOC(=O)Nc1cnc(Nc2ccccc2)c(N)c1. The van der Waals surface area contributed by atoms with Crippen LogP contribution in [0.2, 0.25) is 0 Å². The maximum atomic E-state index is 11.3. The zero-order valence-electron chi connectivity index (χ0n) is 11.1. The molecule has 0 unspecified atom stereocenters. The minimum Gasteiger partial charge on any atom is -0.450 e. The molecule has 6 heteroatoms. The number of nitrogens with two attached hydrogens (primary N) is 1. The van der Waals surface area contributed by atoms with Crippen LogP contribution in [-0.4, -0.2) is 17.7 Å². The van der Waals surface area contributed by atoms with E-state index >= 15 is 0 Å². The molecule has 0 bridgehead atoms. The minimum absolute atomic E-state index is 0.308. The number of rotatable bonds is 4. The molecule has 0 aliphatic carbocycles. The zero-order chi connectivity index (χ0) is 14.4. The van der Waals surface area contributed by atoms with Crippen molar-refractivity contribution in [2.75, 3.05) is 23.0 Å². The fourth-order valence-corrected chi connectivity index (χ4v) is 1.60. The third-order valence-corrected chi connectivity index (χ3v) is 2.48. The number of aromatic nitrogens is 1. The van der Waals surface area contributed by atoms with Gasteiger partial charge >= 0.3 is 6.09 Å². The van der Waals surface area contributed by atoms with E-state index in [4.69, 9.17) is 10.5 Å². The van der Waals surface area contributed by atoms with Crippen molar-refractivity contribution in [3.05, 3.63) is 42.6 Å². The topological polar surface area (TPSA) is 89.3 Å². The summed E-state index contributed by atoms with van der Waals surface area (Å²) in [6, 6.07) is 11.2. The fraction of sp³-hybridized carbons (Fsp3) is 0.143. The van der Waals surface area contributed by atoms with Gasteiger partial charge in [0.25, 0.3) is 0 Å². The normalized spacial score (nSPS) is 9.85. The number of ether oxygens (including phenoxy) is 1. The van der Waals surface area contributed by atoms with Crippen LogP contribution >= 0.6 is 0 Å². The molecule has 0 radical (unpaired) electrons. The molecule has 0 fully saturated rings. The van der Waals surface area contributed by atoms with Gasteiger partial charge in [0.15, 0.2) is 5.82 Å². The maximum Gasteiger partial charge on any atom is 0.411 e. The first-order chi connectivity index (χ1) is 9.69. The predicted octanol–water partition coefficient (Wildman–Crippen LogP) is 2.98. The molecule has 0 atom stereocenters. The minimum atomic E-state index is -0.530. The summed E-state index contributed by atoms with van der Waals surface area (Å²) in [5, 5.41) is 5.64. The fourth-order valence-electron chi connectivity index (χ4n) is 1.60. The Morgan fingerprint density at radius 1 is 1.30 bits per heavy atom. The van der Waals surface area contributed by atoms with E-state index in [1.54, 1.807) is 13.0 Å². The Morgan fingerprint density at radius 3 is 2.70 bits per heavy atom. The molecule has 1 aromatic heterocycles. The first kappa shape index (κ1) is 13.7. The van der Waals surface area contributed by atoms with Crippen molar-refractivity contribution in [2.24, 2.45) is 0 Å². The quantitative estimate of drug-likeness (QED) is 0.796. The van der Waals surface area contributed by atoms with Crippen molar-refractivity contribution < 1.29 is 9.53 Å². The van der Waals surface area contributed by atoms with Crippen LogP contribution in [0.4, 0.5) is 27.7 Å². The molecule has 1 aromatic carbocycles. The molecule has 4 N–H and O–H groups in total. The van der Waals surface area contributed by atoms with Gasteiger partial charge in [0, 0.05) is 5.69 Å². The van der Waals surface area contributed by atoms with Crippen molar-refractivity contribution in [1.82, 2.24) is 4.98 Å². The highest BCUT2D eigenvalue weighted by molar-refractivity contribution is 5.86. The molecule has 0 saturated carbocycles. The van der Waals surface area contributed by atoms with Gasteiger partial charge < -0.3 is 15.8 Å². The first-order valence-electron chi connectivity index (χ1n) is 6.20. The van der Waals surface area contributed by atoms with Crippen molar-refractivity contribution in [3.63, 3.8) is 0 Å². The van der Waals surface area contributed by atoms with Crippen LogP contribution in [-0.2, 0) is 4.74 Å². The number of hydrogen-bond acceptors (Lipinski definition) is 5. The molecule has 0 aliphatic rings. The third-order valence-electron chi connectivity index (χ3n) is 2.48. The lowest BCUT2D eigenvalue weighted by molar-refractivity contribution is 0.168. The van der Waals surface area contributed by atoms with Gasteiger partial charge in [-0.15, -0.1) is 0 Å². The number of nitrogens with one attached hydrogen (secondary N) is 2. The largest absolute Gasteiger partial charge is 0.450 e. The number of nitrogen functional groups attached to an aromatic ring is 1. The second-order valence-corrected chi connectivity index (χ2v) is 4.00. The van der Waals surface area contributed by atoms with Crippen molar-refractivity contribution in [1.29, 1.82) is 0 Å². The van der Waals surface area contributed by atoms with Gasteiger partial charge in [0.2, 0.25) is 0 Å². The van der Waals surface area contributed by atoms with Crippen molar-refractivity contribution in [3.8, 4) is 0 Å². The standard InChI is InChI=1S/C14H16N4O2/c1-2-20-14(19)18-11-8-12(15)13(16-9-11)17-10-6-4-3-5-7-10/h3-9H,2,15H2,1H3,(H,16,17)(H,18,19). The van der Waals surface area contributed by atoms with Crippen LogP contribution in [0.3, 0.4) is 0 Å². The highest BCUT2D eigenvalue weighted by Crippen LogP contribution is 2.23. The average Bonchev–Trinajstić information content (AvgIpc) is 2.43. The van der Waals surface area contributed by atoms with Gasteiger partial charge in [-0.3, -0.25) is 5.32 Å². The van der Waals surface area contributed by atoms with Crippen LogP contribution in [0.5, 0.6) is 0 Å². The number of nitrogens with zero attached hydrogens (tertiary/aromatic N) is 1. The lowest BCUT2D eigenvalue weighted by Gasteiger charge is -2.10. The molecule has 2 aromatic rings. The third kappa shape index (κ3) is 3.61. The van der Waals surface area contributed by atoms with E-state index in [1.165, 1.54) is 6.20 Å². The summed E-state index contributed by atoms with van der Waals surface area (Å²) >= 11 is 0. The summed E-state index contributed by atoms with van der Waals surface area (Å²) in [6.45, 7) is 2.04. The number of anilines is 4. The molecule has 2 rings (SSSR count). The second kappa shape index (κ2) is 6.42. The molecule has 0 saturated heterocycles. The van der Waals surface area contributed by atoms with Crippen LogP contribution in [0.15, 0.2) is 42.6 Å². The molecular formula is C14H16N4O2. The molecule has 0 spiro atoms. The van der Waals surface area contributed by atoms with E-state index in [0.29, 0.717) is 23.8 Å². The van der Waals surface area contributed by atoms with Gasteiger partial charge in [-0.1, -0.05) is 18.2 Å². The van der Waals surface area contributed by atoms with Gasteiger partial charge in [-0.25, -0.2) is 9.78 Å². The van der Waals surface area contributed by atoms with E-state index in [9.17, 15) is 4.79 Å². The van der Waals surface area contributed by atoms with E-state index in [1.807, 2.05) is 30.3 Å². The van der Waals surface area contributed by atoms with E-state index in [-0.39, 0.29) is 0 Å². The monoisotopic (exact) mass is 272 g/mol. The summed E-state index contributed by atoms with van der Waals surface area (Å²) < 4.78 is 4.78. The van der Waals surface area contributed by atoms with Crippen LogP contribution < -0.4 is 16.4 Å². The Hall–Kier alpha value is -2.76. The Balaban J connectivity index is 2.08. The Bertz CT molecular complexity index is 587. The molecule has 1 amide bonds. The smallest absolute Gasteiger partial charge is 0.411 e. The van der Waals surface area contributed by atoms with Gasteiger partial charge in [0.05, 0.1) is 24.2 Å². The molecular weight excluding hydrogens is 256 g/mol. The number of carbonyl (C=O) groups is 1. The van der Waals surface area contributed by atoms with Crippen LogP contribution in [0.1, 0.15) is 6.92 Å². The zero-order valence-corrected chi connectivity index (χ0v) is 11.1. The van der Waals surface area contributed by atoms with Gasteiger partial charge in [-0.05, 0) is 25.1 Å². The molecule has 6 nitrogen and oxygen atoms in total. The van der Waals surface area contributed by atoms with Crippen LogP contribution in [0, 0.1) is 0 Å². The van der Waals surface area contributed by atoms with Crippen molar-refractivity contribution >= 4 is 29.0 Å². The molecule has 1 heterocycles. The summed E-state index contributed by atoms with van der Waals surface area (Å²) in [7, 11) is 0. The van der Waals surface area contributed by atoms with E-state index in [2.05, 4.69) is 15.6 Å². The lowest BCUT2D eigenvalue weighted by atomic mass is 10.3. The first-order valence-corrected chi connectivity index (χ1v) is 6.20. The van der Waals surface area contributed by atoms with E-state index < -0.39 is 6.09 Å². The summed E-state index contributed by atoms with van der Waals surface area (Å²) in [5.74, 6) is 0.533. The lowest BCUT2D eigenvalue weighted by Crippen LogP contribution is -2.14. The highest BCUT2D eigenvalue weighted by atomic mass is 16.5. The molecule has 0 aliphatic heterocycles. The summed E-state index contributed by atoms with van der Waals surface area (Å²) in [6.07, 6.45) is 0.982. The number of hydrogen-bond donors (Lipinski definition) is 3. The number of pyridine rings is 1. The molecule has 104 valence electrons. The van der Waals surface area contributed by atoms with Crippen LogP contribution in [0.25, 0.3) is 0 Å². The van der Waals surface area contributed by atoms with Gasteiger partial charge in [-0.2, -0.15) is 0 Å². The number of carbonyl (C=O) groups excluding carboxylic acids is 1. The highest BCUT2D eigenvalue weighted by Gasteiger charge is 2.06.